The average molecular weight is 336 g/mol. The minimum Gasteiger partial charge on any atom is -0.330 e. The lowest BCUT2D eigenvalue weighted by atomic mass is 9.66. The number of hydrogen-bond acceptors (Lipinski definition) is 4. The van der Waals surface area contributed by atoms with Crippen LogP contribution in [0.5, 0.6) is 0 Å². The van der Waals surface area contributed by atoms with Crippen molar-refractivity contribution in [3.8, 4) is 0 Å². The number of nitrogens with two attached hydrogens (primary N) is 1. The lowest BCUT2D eigenvalue weighted by molar-refractivity contribution is 0.0985. The highest BCUT2D eigenvalue weighted by atomic mass is 16.2. The molecule has 0 spiro atoms. The van der Waals surface area contributed by atoms with E-state index in [2.05, 4.69) is 23.8 Å². The van der Waals surface area contributed by atoms with Crippen molar-refractivity contribution in [1.82, 2.24) is 9.97 Å². The van der Waals surface area contributed by atoms with Gasteiger partial charge >= 0.3 is 0 Å². The van der Waals surface area contributed by atoms with E-state index < -0.39 is 0 Å². The zero-order chi connectivity index (χ0) is 17.7. The molecule has 1 aliphatic heterocycles. The zero-order valence-corrected chi connectivity index (χ0v) is 14.8. The largest absolute Gasteiger partial charge is 0.330 e. The molecular weight excluding hydrogens is 312 g/mol. The lowest BCUT2D eigenvalue weighted by Gasteiger charge is -2.40. The molecule has 1 aliphatic carbocycles. The first kappa shape index (κ1) is 16.2. The molecule has 1 fully saturated rings. The van der Waals surface area contributed by atoms with Crippen LogP contribution in [0.1, 0.15) is 54.9 Å². The van der Waals surface area contributed by atoms with E-state index in [1.807, 2.05) is 29.2 Å². The number of fused-ring (bicyclic) bond motifs is 1. The second-order valence-corrected chi connectivity index (χ2v) is 7.92. The number of carbonyl (C=O) groups is 1. The van der Waals surface area contributed by atoms with E-state index in [0.717, 1.165) is 29.9 Å². The molecule has 3 heterocycles. The van der Waals surface area contributed by atoms with Crippen LogP contribution in [0.4, 0.5) is 5.69 Å². The van der Waals surface area contributed by atoms with Crippen LogP contribution in [-0.4, -0.2) is 29.0 Å². The summed E-state index contributed by atoms with van der Waals surface area (Å²) in [4.78, 5) is 23.9. The zero-order valence-electron chi connectivity index (χ0n) is 14.8. The van der Waals surface area contributed by atoms with Gasteiger partial charge in [-0.1, -0.05) is 20.3 Å². The number of nitrogens with zero attached hydrogens (tertiary/aromatic N) is 3. The maximum absolute atomic E-state index is 13.0. The first-order valence-electron chi connectivity index (χ1n) is 8.91. The molecule has 2 aliphatic rings. The van der Waals surface area contributed by atoms with Gasteiger partial charge in [0.1, 0.15) is 0 Å². The maximum Gasteiger partial charge on any atom is 0.259 e. The fourth-order valence-corrected chi connectivity index (χ4v) is 4.03. The first-order valence-corrected chi connectivity index (χ1v) is 8.91. The van der Waals surface area contributed by atoms with Gasteiger partial charge in [0.05, 0.1) is 16.9 Å². The maximum atomic E-state index is 13.0. The summed E-state index contributed by atoms with van der Waals surface area (Å²) in [5, 5.41) is 0. The predicted octanol–water partition coefficient (Wildman–Crippen LogP) is 2.80. The number of carbonyl (C=O) groups excluding carboxylic acids is 1. The second kappa shape index (κ2) is 5.63. The van der Waals surface area contributed by atoms with Gasteiger partial charge in [-0.15, -0.1) is 0 Å². The van der Waals surface area contributed by atoms with Gasteiger partial charge in [0.15, 0.2) is 0 Å². The number of aromatic nitrogens is 2. The van der Waals surface area contributed by atoms with Crippen LogP contribution in [0.3, 0.4) is 0 Å². The topological polar surface area (TPSA) is 72.1 Å². The van der Waals surface area contributed by atoms with Gasteiger partial charge in [0.25, 0.3) is 5.91 Å². The third-order valence-corrected chi connectivity index (χ3v) is 5.77. The van der Waals surface area contributed by atoms with Gasteiger partial charge in [0.2, 0.25) is 0 Å². The van der Waals surface area contributed by atoms with Gasteiger partial charge < -0.3 is 10.6 Å². The Morgan fingerprint density at radius 1 is 1.24 bits per heavy atom. The molecule has 130 valence electrons. The van der Waals surface area contributed by atoms with Gasteiger partial charge in [-0.2, -0.15) is 0 Å². The van der Waals surface area contributed by atoms with E-state index in [4.69, 9.17) is 5.73 Å². The minimum absolute atomic E-state index is 0.0192. The molecule has 25 heavy (non-hydrogen) atoms. The third-order valence-electron chi connectivity index (χ3n) is 5.77. The summed E-state index contributed by atoms with van der Waals surface area (Å²) in [7, 11) is 0. The monoisotopic (exact) mass is 336 g/mol. The number of anilines is 1. The molecule has 5 nitrogen and oxygen atoms in total. The Kier molecular flexibility index (Phi) is 3.65. The summed E-state index contributed by atoms with van der Waals surface area (Å²) >= 11 is 0. The molecule has 2 aromatic heterocycles. The highest BCUT2D eigenvalue weighted by Gasteiger charge is 2.40. The Balaban J connectivity index is 1.62. The average Bonchev–Trinajstić information content (AvgIpc) is 2.86. The predicted molar refractivity (Wildman–Crippen MR) is 97.8 cm³/mol. The Labute approximate surface area is 148 Å². The molecule has 0 atom stereocenters. The number of pyridine rings is 2. The van der Waals surface area contributed by atoms with Crippen molar-refractivity contribution >= 4 is 11.6 Å². The Morgan fingerprint density at radius 2 is 2.04 bits per heavy atom. The normalized spacial score (nSPS) is 20.0. The summed E-state index contributed by atoms with van der Waals surface area (Å²) in [6, 6.07) is 7.71. The lowest BCUT2D eigenvalue weighted by Crippen LogP contribution is -2.42. The van der Waals surface area contributed by atoms with Crippen molar-refractivity contribution < 1.29 is 4.79 Å². The van der Waals surface area contributed by atoms with Crippen molar-refractivity contribution in [3.05, 3.63) is 53.6 Å². The molecule has 2 aromatic rings. The van der Waals surface area contributed by atoms with E-state index >= 15 is 0 Å². The van der Waals surface area contributed by atoms with Crippen molar-refractivity contribution in [1.29, 1.82) is 0 Å². The standard InChI is InChI=1S/C20H24N4O/c1-19(2)13-24(15-5-3-10-22-17(15)19)18(25)14-6-7-16(23-11-14)20(12-21)8-4-9-20/h3,5-7,10-11H,4,8-9,12-13,21H2,1-2H3. The van der Waals surface area contributed by atoms with E-state index in [0.29, 0.717) is 18.7 Å². The smallest absolute Gasteiger partial charge is 0.259 e. The highest BCUT2D eigenvalue weighted by Crippen LogP contribution is 2.42. The quantitative estimate of drug-likeness (QED) is 0.935. The molecule has 0 radical (unpaired) electrons. The van der Waals surface area contributed by atoms with Gasteiger partial charge in [-0.25, -0.2) is 0 Å². The molecule has 5 heteroatoms. The number of amides is 1. The third kappa shape index (κ3) is 2.45. The molecule has 2 N–H and O–H groups in total. The van der Waals surface area contributed by atoms with Crippen LogP contribution in [0, 0.1) is 0 Å². The molecule has 0 aromatic carbocycles. The van der Waals surface area contributed by atoms with Crippen LogP contribution in [0.2, 0.25) is 0 Å². The summed E-state index contributed by atoms with van der Waals surface area (Å²) in [5.41, 5.74) is 9.34. The van der Waals surface area contributed by atoms with Crippen molar-refractivity contribution in [2.75, 3.05) is 18.0 Å². The summed E-state index contributed by atoms with van der Waals surface area (Å²) < 4.78 is 0. The highest BCUT2D eigenvalue weighted by molar-refractivity contribution is 6.07. The van der Waals surface area contributed by atoms with Crippen LogP contribution in [0.25, 0.3) is 0 Å². The van der Waals surface area contributed by atoms with E-state index in [-0.39, 0.29) is 16.7 Å². The van der Waals surface area contributed by atoms with Crippen molar-refractivity contribution in [3.63, 3.8) is 0 Å². The fourth-order valence-electron chi connectivity index (χ4n) is 4.03. The van der Waals surface area contributed by atoms with E-state index in [9.17, 15) is 4.79 Å². The van der Waals surface area contributed by atoms with Crippen molar-refractivity contribution in [2.45, 2.75) is 43.9 Å². The molecule has 0 saturated heterocycles. The van der Waals surface area contributed by atoms with Gasteiger partial charge in [0, 0.05) is 42.0 Å². The molecule has 0 bridgehead atoms. The summed E-state index contributed by atoms with van der Waals surface area (Å²) in [5.74, 6) is -0.0192. The van der Waals surface area contributed by atoms with Gasteiger partial charge in [-0.3, -0.25) is 14.8 Å². The summed E-state index contributed by atoms with van der Waals surface area (Å²) in [6.07, 6.45) is 6.86. The van der Waals surface area contributed by atoms with Gasteiger partial charge in [-0.05, 0) is 37.1 Å². The van der Waals surface area contributed by atoms with Crippen LogP contribution < -0.4 is 10.6 Å². The molecule has 4 rings (SSSR count). The second-order valence-electron chi connectivity index (χ2n) is 7.92. The number of hydrogen-bond donors (Lipinski definition) is 1. The summed E-state index contributed by atoms with van der Waals surface area (Å²) in [6.45, 7) is 5.49. The fraction of sp³-hybridized carbons (Fsp3) is 0.450. The van der Waals surface area contributed by atoms with Crippen LogP contribution in [0.15, 0.2) is 36.7 Å². The van der Waals surface area contributed by atoms with E-state index in [1.54, 1.807) is 12.4 Å². The minimum atomic E-state index is -0.144. The van der Waals surface area contributed by atoms with Crippen LogP contribution >= 0.6 is 0 Å². The SMILES string of the molecule is CC1(C)CN(C(=O)c2ccc(C3(CN)CCC3)nc2)c2cccnc21. The first-order chi connectivity index (χ1) is 12.0. The van der Waals surface area contributed by atoms with Crippen LogP contribution in [-0.2, 0) is 10.8 Å². The molecule has 1 amide bonds. The Morgan fingerprint density at radius 3 is 2.64 bits per heavy atom. The molecule has 1 saturated carbocycles. The Hall–Kier alpha value is -2.27. The Bertz CT molecular complexity index is 803. The molecular formula is C20H24N4O. The van der Waals surface area contributed by atoms with E-state index in [1.165, 1.54) is 6.42 Å². The van der Waals surface area contributed by atoms with Crippen molar-refractivity contribution in [2.24, 2.45) is 5.73 Å². The number of rotatable bonds is 3. The molecule has 0 unspecified atom stereocenters.